The molecule has 2 aliphatic rings. The Labute approximate surface area is 110 Å². The lowest BCUT2D eigenvalue weighted by molar-refractivity contribution is -0.123. The Balaban J connectivity index is 1.80. The first-order valence-corrected chi connectivity index (χ1v) is 7.03. The molecule has 2 fully saturated rings. The maximum absolute atomic E-state index is 11.4. The van der Waals surface area contributed by atoms with Crippen molar-refractivity contribution in [2.24, 2.45) is 11.3 Å². The molecule has 0 bridgehead atoms. The number of likely N-dealkylation sites (tertiary alicyclic amines) is 1. The Morgan fingerprint density at radius 2 is 2.00 bits per heavy atom. The number of hydrogen-bond donors (Lipinski definition) is 0. The summed E-state index contributed by atoms with van der Waals surface area (Å²) in [4.78, 5) is 13.9. The van der Waals surface area contributed by atoms with E-state index in [9.17, 15) is 4.79 Å². The van der Waals surface area contributed by atoms with Crippen LogP contribution in [-0.4, -0.2) is 57.8 Å². The molecule has 0 aromatic heterocycles. The normalized spacial score (nSPS) is 26.1. The third-order valence-electron chi connectivity index (χ3n) is 4.39. The predicted molar refractivity (Wildman–Crippen MR) is 69.6 cm³/mol. The number of carbonyl (C=O) groups is 1. The summed E-state index contributed by atoms with van der Waals surface area (Å²) >= 11 is 0. The highest BCUT2D eigenvalue weighted by Gasteiger charge is 2.35. The molecule has 0 saturated carbocycles. The van der Waals surface area contributed by atoms with Crippen molar-refractivity contribution in [2.45, 2.75) is 25.7 Å². The van der Waals surface area contributed by atoms with Gasteiger partial charge in [0.1, 0.15) is 6.29 Å². The summed E-state index contributed by atoms with van der Waals surface area (Å²) in [5.74, 6) is 0.702. The van der Waals surface area contributed by atoms with E-state index in [1.807, 2.05) is 0 Å². The van der Waals surface area contributed by atoms with Crippen LogP contribution in [-0.2, 0) is 14.3 Å². The molecule has 0 radical (unpaired) electrons. The summed E-state index contributed by atoms with van der Waals surface area (Å²) in [6.45, 7) is 5.47. The average Bonchev–Trinajstić information content (AvgIpc) is 2.42. The van der Waals surface area contributed by atoms with Crippen molar-refractivity contribution >= 4 is 6.29 Å². The largest absolute Gasteiger partial charge is 0.384 e. The minimum Gasteiger partial charge on any atom is -0.384 e. The van der Waals surface area contributed by atoms with Gasteiger partial charge in [-0.2, -0.15) is 0 Å². The maximum Gasteiger partial charge on any atom is 0.127 e. The molecule has 4 heteroatoms. The fourth-order valence-corrected chi connectivity index (χ4v) is 3.08. The van der Waals surface area contributed by atoms with Gasteiger partial charge >= 0.3 is 0 Å². The van der Waals surface area contributed by atoms with E-state index in [1.165, 1.54) is 19.1 Å². The minimum absolute atomic E-state index is 0.146. The Bertz CT molecular complexity index is 256. The van der Waals surface area contributed by atoms with Crippen molar-refractivity contribution in [1.82, 2.24) is 4.90 Å². The number of rotatable bonds is 5. The first-order valence-electron chi connectivity index (χ1n) is 7.03. The Kier molecular flexibility index (Phi) is 5.15. The molecule has 0 N–H and O–H groups in total. The van der Waals surface area contributed by atoms with Crippen LogP contribution in [0.4, 0.5) is 0 Å². The maximum atomic E-state index is 11.4. The molecule has 4 nitrogen and oxygen atoms in total. The first kappa shape index (κ1) is 14.0. The van der Waals surface area contributed by atoms with Crippen molar-refractivity contribution < 1.29 is 14.3 Å². The third-order valence-corrected chi connectivity index (χ3v) is 4.39. The van der Waals surface area contributed by atoms with Crippen molar-refractivity contribution in [3.05, 3.63) is 0 Å². The highest BCUT2D eigenvalue weighted by molar-refractivity contribution is 5.60. The van der Waals surface area contributed by atoms with E-state index in [1.54, 1.807) is 7.11 Å². The van der Waals surface area contributed by atoms with Crippen molar-refractivity contribution in [3.63, 3.8) is 0 Å². The van der Waals surface area contributed by atoms with Gasteiger partial charge in [-0.3, -0.25) is 0 Å². The summed E-state index contributed by atoms with van der Waals surface area (Å²) < 4.78 is 10.6. The second kappa shape index (κ2) is 6.64. The number of carbonyl (C=O) groups excluding carboxylic acids is 1. The molecule has 0 atom stereocenters. The van der Waals surface area contributed by atoms with Crippen LogP contribution in [0.2, 0.25) is 0 Å². The Hall–Kier alpha value is -0.450. The number of methoxy groups -OCH3 is 1. The van der Waals surface area contributed by atoms with E-state index in [0.29, 0.717) is 5.92 Å². The van der Waals surface area contributed by atoms with Gasteiger partial charge in [-0.1, -0.05) is 0 Å². The summed E-state index contributed by atoms with van der Waals surface area (Å²) in [6.07, 6.45) is 5.33. The van der Waals surface area contributed by atoms with Crippen LogP contribution in [0.25, 0.3) is 0 Å². The van der Waals surface area contributed by atoms with Gasteiger partial charge in [-0.15, -0.1) is 0 Å². The van der Waals surface area contributed by atoms with Crippen LogP contribution in [0.15, 0.2) is 0 Å². The first-order chi connectivity index (χ1) is 8.78. The summed E-state index contributed by atoms with van der Waals surface area (Å²) in [7, 11) is 1.77. The SMILES string of the molecule is COCC1CCN(CC2(C=O)CCOCC2)CC1. The number of aldehydes is 1. The second-order valence-corrected chi connectivity index (χ2v) is 5.77. The number of nitrogens with zero attached hydrogens (tertiary/aromatic N) is 1. The van der Waals surface area contributed by atoms with Crippen molar-refractivity contribution in [1.29, 1.82) is 0 Å². The molecule has 2 heterocycles. The minimum atomic E-state index is -0.146. The van der Waals surface area contributed by atoms with Crippen LogP contribution >= 0.6 is 0 Å². The summed E-state index contributed by atoms with van der Waals surface area (Å²) in [6, 6.07) is 0. The Morgan fingerprint density at radius 3 is 2.56 bits per heavy atom. The zero-order valence-electron chi connectivity index (χ0n) is 11.4. The topological polar surface area (TPSA) is 38.8 Å². The molecule has 0 aliphatic carbocycles. The number of hydrogen-bond acceptors (Lipinski definition) is 4. The van der Waals surface area contributed by atoms with Crippen LogP contribution in [0.3, 0.4) is 0 Å². The molecule has 2 aliphatic heterocycles. The highest BCUT2D eigenvalue weighted by Crippen LogP contribution is 2.30. The van der Waals surface area contributed by atoms with Gasteiger partial charge < -0.3 is 19.2 Å². The smallest absolute Gasteiger partial charge is 0.127 e. The number of piperidine rings is 1. The van der Waals surface area contributed by atoms with Gasteiger partial charge in [0.25, 0.3) is 0 Å². The van der Waals surface area contributed by atoms with Crippen molar-refractivity contribution in [3.8, 4) is 0 Å². The number of ether oxygens (including phenoxy) is 2. The molecule has 0 aromatic carbocycles. The molecule has 2 rings (SSSR count). The average molecular weight is 255 g/mol. The predicted octanol–water partition coefficient (Wildman–Crippen LogP) is 1.34. The monoisotopic (exact) mass is 255 g/mol. The quantitative estimate of drug-likeness (QED) is 0.695. The van der Waals surface area contributed by atoms with Crippen LogP contribution in [0.5, 0.6) is 0 Å². The molecule has 0 amide bonds. The standard InChI is InChI=1S/C14H25NO3/c1-17-10-13-2-6-15(7-3-13)11-14(12-16)4-8-18-9-5-14/h12-13H,2-11H2,1H3. The molecule has 18 heavy (non-hydrogen) atoms. The lowest BCUT2D eigenvalue weighted by atomic mass is 9.80. The molecular weight excluding hydrogens is 230 g/mol. The fourth-order valence-electron chi connectivity index (χ4n) is 3.08. The van der Waals surface area contributed by atoms with Crippen molar-refractivity contribution in [2.75, 3.05) is 46.6 Å². The van der Waals surface area contributed by atoms with Gasteiger partial charge in [-0.05, 0) is 44.7 Å². The third kappa shape index (κ3) is 3.53. The van der Waals surface area contributed by atoms with E-state index < -0.39 is 0 Å². The molecule has 104 valence electrons. The van der Waals surface area contributed by atoms with Gasteiger partial charge in [0.05, 0.1) is 0 Å². The Morgan fingerprint density at radius 1 is 1.33 bits per heavy atom. The van der Waals surface area contributed by atoms with E-state index in [-0.39, 0.29) is 5.41 Å². The van der Waals surface area contributed by atoms with E-state index in [2.05, 4.69) is 4.90 Å². The van der Waals surface area contributed by atoms with Gasteiger partial charge in [0, 0.05) is 38.9 Å². The lowest BCUT2D eigenvalue weighted by Crippen LogP contribution is -2.45. The van der Waals surface area contributed by atoms with Gasteiger partial charge in [0.15, 0.2) is 0 Å². The van der Waals surface area contributed by atoms with E-state index >= 15 is 0 Å². The van der Waals surface area contributed by atoms with E-state index in [0.717, 1.165) is 52.3 Å². The second-order valence-electron chi connectivity index (χ2n) is 5.77. The molecular formula is C14H25NO3. The van der Waals surface area contributed by atoms with Crippen LogP contribution in [0, 0.1) is 11.3 Å². The zero-order chi connectivity index (χ0) is 12.8. The highest BCUT2D eigenvalue weighted by atomic mass is 16.5. The lowest BCUT2D eigenvalue weighted by Gasteiger charge is -2.39. The molecule has 0 unspecified atom stereocenters. The zero-order valence-corrected chi connectivity index (χ0v) is 11.4. The van der Waals surface area contributed by atoms with Crippen LogP contribution < -0.4 is 0 Å². The summed E-state index contributed by atoms with van der Waals surface area (Å²) in [5.41, 5.74) is -0.146. The molecule has 0 aromatic rings. The van der Waals surface area contributed by atoms with Crippen LogP contribution in [0.1, 0.15) is 25.7 Å². The van der Waals surface area contributed by atoms with E-state index in [4.69, 9.17) is 9.47 Å². The summed E-state index contributed by atoms with van der Waals surface area (Å²) in [5, 5.41) is 0. The van der Waals surface area contributed by atoms with Gasteiger partial charge in [-0.25, -0.2) is 0 Å². The van der Waals surface area contributed by atoms with Gasteiger partial charge in [0.2, 0.25) is 0 Å². The molecule has 2 saturated heterocycles. The molecule has 0 spiro atoms. The fraction of sp³-hybridized carbons (Fsp3) is 0.929.